The number of nitrogens with zero attached hydrogens (tertiary/aromatic N) is 5. The maximum atomic E-state index is 15.2. The van der Waals surface area contributed by atoms with E-state index >= 15 is 4.39 Å². The molecule has 0 bridgehead atoms. The molecule has 2 aliphatic rings. The van der Waals surface area contributed by atoms with Crippen molar-refractivity contribution in [3.05, 3.63) is 101 Å². The number of hydrogen-bond acceptors (Lipinski definition) is 5. The lowest BCUT2D eigenvalue weighted by Gasteiger charge is -2.33. The number of aryl methyl sites for hydroxylation is 2. The number of esters is 1. The molecule has 1 aliphatic carbocycles. The highest BCUT2D eigenvalue weighted by Crippen LogP contribution is 2.36. The molecule has 2 aromatic carbocycles. The number of fused-ring (bicyclic) bond motifs is 1. The summed E-state index contributed by atoms with van der Waals surface area (Å²) in [6, 6.07) is 18.5. The van der Waals surface area contributed by atoms with Crippen LogP contribution in [0, 0.1) is 18.8 Å². The Kier molecular flexibility index (Phi) is 8.39. The first-order valence-corrected chi connectivity index (χ1v) is 16.7. The Bertz CT molecular complexity index is 1970. The fourth-order valence-electron chi connectivity index (χ4n) is 7.06. The third-order valence-electron chi connectivity index (χ3n) is 9.65. The number of pyridine rings is 1. The first-order chi connectivity index (χ1) is 22.9. The Morgan fingerprint density at radius 1 is 1.00 bits per heavy atom. The summed E-state index contributed by atoms with van der Waals surface area (Å²) >= 11 is 0. The van der Waals surface area contributed by atoms with E-state index in [1.807, 2.05) is 24.3 Å². The molecule has 242 valence electrons. The number of amides is 1. The van der Waals surface area contributed by atoms with Crippen LogP contribution >= 0.6 is 0 Å². The van der Waals surface area contributed by atoms with Crippen LogP contribution in [0.3, 0.4) is 0 Å². The van der Waals surface area contributed by atoms with Gasteiger partial charge in [-0.25, -0.2) is 9.78 Å². The second-order valence-electron chi connectivity index (χ2n) is 12.8. The SMILES string of the molecule is CCOC(=O)c1cnn(-c2cccc(-c3cccc4c(C)cn(Cc5ccc(C6CCN(C(=O)C7CC7)CC6)c(CC)c5)c34)n2)c1F. The highest BCUT2D eigenvalue weighted by molar-refractivity contribution is 5.96. The zero-order valence-electron chi connectivity index (χ0n) is 27.2. The number of benzene rings is 2. The molecule has 1 amide bonds. The summed E-state index contributed by atoms with van der Waals surface area (Å²) in [5.41, 5.74) is 7.62. The minimum Gasteiger partial charge on any atom is -0.462 e. The van der Waals surface area contributed by atoms with Gasteiger partial charge in [-0.15, -0.1) is 0 Å². The van der Waals surface area contributed by atoms with Crippen LogP contribution in [0.1, 0.15) is 78.1 Å². The van der Waals surface area contributed by atoms with Crippen molar-refractivity contribution in [1.82, 2.24) is 24.2 Å². The predicted octanol–water partition coefficient (Wildman–Crippen LogP) is 7.24. The second kappa shape index (κ2) is 12.8. The summed E-state index contributed by atoms with van der Waals surface area (Å²) in [7, 11) is 0. The van der Waals surface area contributed by atoms with Crippen LogP contribution in [0.4, 0.5) is 4.39 Å². The summed E-state index contributed by atoms with van der Waals surface area (Å²) in [6.07, 6.45) is 8.48. The van der Waals surface area contributed by atoms with Crippen molar-refractivity contribution in [1.29, 1.82) is 0 Å². The van der Waals surface area contributed by atoms with Gasteiger partial charge in [0.15, 0.2) is 5.82 Å². The fraction of sp³-hybridized carbons (Fsp3) is 0.368. The van der Waals surface area contributed by atoms with E-state index in [0.29, 0.717) is 24.1 Å². The van der Waals surface area contributed by atoms with E-state index in [9.17, 15) is 9.59 Å². The van der Waals surface area contributed by atoms with Gasteiger partial charge in [-0.2, -0.15) is 14.2 Å². The number of carbonyl (C=O) groups excluding carboxylic acids is 2. The number of ether oxygens (including phenoxy) is 1. The van der Waals surface area contributed by atoms with Gasteiger partial charge in [-0.05, 0) is 86.3 Å². The van der Waals surface area contributed by atoms with Gasteiger partial charge in [0.05, 0.1) is 24.0 Å². The van der Waals surface area contributed by atoms with Crippen molar-refractivity contribution in [2.24, 2.45) is 5.92 Å². The fourth-order valence-corrected chi connectivity index (χ4v) is 7.06. The van der Waals surface area contributed by atoms with Crippen molar-refractivity contribution in [3.63, 3.8) is 0 Å². The second-order valence-corrected chi connectivity index (χ2v) is 12.8. The molecule has 1 aliphatic heterocycles. The number of piperidine rings is 1. The topological polar surface area (TPSA) is 82.2 Å². The molecule has 3 aromatic heterocycles. The number of likely N-dealkylation sites (tertiary alicyclic amines) is 1. The molecule has 0 atom stereocenters. The Hall–Kier alpha value is -4.79. The summed E-state index contributed by atoms with van der Waals surface area (Å²) in [6.45, 7) is 8.56. The van der Waals surface area contributed by atoms with E-state index in [-0.39, 0.29) is 23.9 Å². The highest BCUT2D eigenvalue weighted by atomic mass is 19.1. The molecule has 0 spiro atoms. The zero-order valence-corrected chi connectivity index (χ0v) is 27.2. The first kappa shape index (κ1) is 30.8. The number of hydrogen-bond donors (Lipinski definition) is 0. The minimum atomic E-state index is -0.807. The van der Waals surface area contributed by atoms with Crippen LogP contribution < -0.4 is 0 Å². The van der Waals surface area contributed by atoms with Crippen molar-refractivity contribution in [2.75, 3.05) is 19.7 Å². The smallest absolute Gasteiger partial charge is 0.344 e. The van der Waals surface area contributed by atoms with Crippen molar-refractivity contribution < 1.29 is 18.7 Å². The monoisotopic (exact) mass is 633 g/mol. The van der Waals surface area contributed by atoms with E-state index < -0.39 is 11.9 Å². The van der Waals surface area contributed by atoms with Gasteiger partial charge in [-0.3, -0.25) is 4.79 Å². The molecule has 7 rings (SSSR count). The molecule has 8 nitrogen and oxygen atoms in total. The molecule has 0 unspecified atom stereocenters. The standard InChI is InChI=1S/C38H40FN5O3/c1-4-26-20-25(12-15-30(26)27-16-18-42(19-17-27)37(45)28-13-14-28)23-43-22-24(3)29-8-6-9-31(35(29)43)33-10-7-11-34(41-33)44-36(39)32(21-40-44)38(46)47-5-2/h6-12,15,20-22,27-28H,4-5,13-14,16-19,23H2,1-3H3. The van der Waals surface area contributed by atoms with Gasteiger partial charge in [-0.1, -0.05) is 49.4 Å². The number of aromatic nitrogens is 4. The van der Waals surface area contributed by atoms with Crippen LogP contribution in [0.5, 0.6) is 0 Å². The number of halogens is 1. The molecule has 9 heteroatoms. The van der Waals surface area contributed by atoms with Gasteiger partial charge in [0.1, 0.15) is 5.56 Å². The molecular formula is C38H40FN5O3. The highest BCUT2D eigenvalue weighted by Gasteiger charge is 2.35. The lowest BCUT2D eigenvalue weighted by atomic mass is 9.85. The van der Waals surface area contributed by atoms with Crippen LogP contribution in [-0.2, 0) is 22.5 Å². The van der Waals surface area contributed by atoms with Crippen molar-refractivity contribution in [3.8, 4) is 17.1 Å². The van der Waals surface area contributed by atoms with E-state index in [1.165, 1.54) is 22.9 Å². The van der Waals surface area contributed by atoms with Gasteiger partial charge < -0.3 is 14.2 Å². The van der Waals surface area contributed by atoms with E-state index in [2.05, 4.69) is 58.9 Å². The summed E-state index contributed by atoms with van der Waals surface area (Å²) in [5, 5.41) is 5.23. The number of rotatable bonds is 9. The van der Waals surface area contributed by atoms with Crippen molar-refractivity contribution in [2.45, 2.75) is 65.3 Å². The van der Waals surface area contributed by atoms with E-state index in [0.717, 1.165) is 71.9 Å². The van der Waals surface area contributed by atoms with Gasteiger partial charge in [0.25, 0.3) is 0 Å². The molecule has 47 heavy (non-hydrogen) atoms. The molecule has 0 radical (unpaired) electrons. The molecule has 5 aromatic rings. The summed E-state index contributed by atoms with van der Waals surface area (Å²) in [5.74, 6) is -0.158. The molecule has 4 heterocycles. The Labute approximate surface area is 274 Å². The minimum absolute atomic E-state index is 0.146. The Balaban J connectivity index is 1.17. The van der Waals surface area contributed by atoms with Crippen LogP contribution in [-0.4, -0.2) is 55.8 Å². The largest absolute Gasteiger partial charge is 0.462 e. The van der Waals surface area contributed by atoms with Gasteiger partial charge >= 0.3 is 5.97 Å². The van der Waals surface area contributed by atoms with E-state index in [4.69, 9.17) is 9.72 Å². The van der Waals surface area contributed by atoms with Crippen LogP contribution in [0.2, 0.25) is 0 Å². The third-order valence-corrected chi connectivity index (χ3v) is 9.65. The molecule has 0 N–H and O–H groups in total. The number of carbonyl (C=O) groups is 2. The predicted molar refractivity (Wildman–Crippen MR) is 179 cm³/mol. The third kappa shape index (κ3) is 5.95. The van der Waals surface area contributed by atoms with E-state index in [1.54, 1.807) is 13.0 Å². The number of para-hydroxylation sites is 1. The Morgan fingerprint density at radius 3 is 2.53 bits per heavy atom. The zero-order chi connectivity index (χ0) is 32.7. The first-order valence-electron chi connectivity index (χ1n) is 16.7. The van der Waals surface area contributed by atoms with Crippen LogP contribution in [0.15, 0.2) is 67.0 Å². The molecule has 1 saturated carbocycles. The lowest BCUT2D eigenvalue weighted by molar-refractivity contribution is -0.133. The average Bonchev–Trinajstić information content (AvgIpc) is 3.81. The normalized spacial score (nSPS) is 15.4. The van der Waals surface area contributed by atoms with Gasteiger partial charge in [0, 0.05) is 42.7 Å². The Morgan fingerprint density at radius 2 is 1.79 bits per heavy atom. The molecular weight excluding hydrogens is 593 g/mol. The quantitative estimate of drug-likeness (QED) is 0.160. The molecule has 1 saturated heterocycles. The summed E-state index contributed by atoms with van der Waals surface area (Å²) < 4.78 is 23.5. The summed E-state index contributed by atoms with van der Waals surface area (Å²) in [4.78, 5) is 31.6. The maximum absolute atomic E-state index is 15.2. The van der Waals surface area contributed by atoms with Gasteiger partial charge in [0.2, 0.25) is 11.9 Å². The van der Waals surface area contributed by atoms with Crippen LogP contribution in [0.25, 0.3) is 28.0 Å². The average molecular weight is 634 g/mol. The lowest BCUT2D eigenvalue weighted by Crippen LogP contribution is -2.38. The molecule has 2 fully saturated rings. The maximum Gasteiger partial charge on any atom is 0.344 e. The van der Waals surface area contributed by atoms with Crippen molar-refractivity contribution >= 4 is 22.8 Å².